The molecule has 2 rings (SSSR count). The Hall–Kier alpha value is -1.40. The van der Waals surface area contributed by atoms with Crippen LogP contribution in [0.5, 0.6) is 0 Å². The molecular weight excluding hydrogens is 300 g/mol. The highest BCUT2D eigenvalue weighted by Crippen LogP contribution is 2.20. The fraction of sp³-hybridized carbons (Fsp3) is 0.562. The summed E-state index contributed by atoms with van der Waals surface area (Å²) in [5, 5.41) is 2.96. The lowest BCUT2D eigenvalue weighted by Crippen LogP contribution is -2.41. The Morgan fingerprint density at radius 1 is 1.32 bits per heavy atom. The lowest BCUT2D eigenvalue weighted by atomic mass is 10.1. The zero-order valence-electron chi connectivity index (χ0n) is 13.4. The van der Waals surface area contributed by atoms with Crippen LogP contribution in [0.2, 0.25) is 0 Å². The summed E-state index contributed by atoms with van der Waals surface area (Å²) in [6, 6.07) is 5.84. The van der Waals surface area contributed by atoms with E-state index >= 15 is 0 Å². The molecule has 1 aromatic carbocycles. The number of anilines is 1. The molecule has 1 fully saturated rings. The van der Waals surface area contributed by atoms with Crippen molar-refractivity contribution in [1.82, 2.24) is 4.90 Å². The van der Waals surface area contributed by atoms with Crippen LogP contribution in [0, 0.1) is 13.8 Å². The van der Waals surface area contributed by atoms with Crippen molar-refractivity contribution in [3.63, 3.8) is 0 Å². The molecule has 1 saturated heterocycles. The number of nitrogens with one attached hydrogen (secondary N) is 1. The van der Waals surface area contributed by atoms with E-state index in [-0.39, 0.29) is 30.0 Å². The van der Waals surface area contributed by atoms with Gasteiger partial charge in [0, 0.05) is 11.7 Å². The van der Waals surface area contributed by atoms with E-state index in [0.29, 0.717) is 13.0 Å². The highest BCUT2D eigenvalue weighted by Gasteiger charge is 2.32. The molecule has 5 nitrogen and oxygen atoms in total. The summed E-state index contributed by atoms with van der Waals surface area (Å²) in [7, 11) is -2.93. The van der Waals surface area contributed by atoms with Crippen LogP contribution >= 0.6 is 0 Å². The van der Waals surface area contributed by atoms with Crippen LogP contribution < -0.4 is 5.32 Å². The molecule has 1 amide bonds. The minimum absolute atomic E-state index is 0.0429. The van der Waals surface area contributed by atoms with Crippen LogP contribution in [-0.2, 0) is 14.6 Å². The Labute approximate surface area is 132 Å². The number of sulfone groups is 1. The standard InChI is InChI=1S/C16H24N2O3S/c1-4-18(14-8-9-22(20,21)11-14)10-15(19)17-16-12(2)6-5-7-13(16)3/h5-7,14H,4,8-11H2,1-3H3,(H,17,19). The summed E-state index contributed by atoms with van der Waals surface area (Å²) in [6.45, 7) is 6.77. The second-order valence-corrected chi connectivity index (χ2v) is 8.16. The van der Waals surface area contributed by atoms with Gasteiger partial charge in [-0.1, -0.05) is 25.1 Å². The molecule has 22 heavy (non-hydrogen) atoms. The molecule has 1 aliphatic heterocycles. The van der Waals surface area contributed by atoms with Crippen LogP contribution in [0.4, 0.5) is 5.69 Å². The number of hydrogen-bond acceptors (Lipinski definition) is 4. The average molecular weight is 324 g/mol. The normalized spacial score (nSPS) is 20.3. The summed E-state index contributed by atoms with van der Waals surface area (Å²) in [4.78, 5) is 14.3. The number of carbonyl (C=O) groups is 1. The largest absolute Gasteiger partial charge is 0.324 e. The third-order valence-electron chi connectivity index (χ3n) is 4.22. The second-order valence-electron chi connectivity index (χ2n) is 5.93. The van der Waals surface area contributed by atoms with Gasteiger partial charge in [0.05, 0.1) is 18.1 Å². The fourth-order valence-electron chi connectivity index (χ4n) is 2.94. The molecule has 1 heterocycles. The summed E-state index contributed by atoms with van der Waals surface area (Å²) >= 11 is 0. The zero-order chi connectivity index (χ0) is 16.3. The number of hydrogen-bond donors (Lipinski definition) is 1. The summed E-state index contributed by atoms with van der Waals surface area (Å²) in [5.41, 5.74) is 2.90. The number of carbonyl (C=O) groups excluding carboxylic acids is 1. The highest BCUT2D eigenvalue weighted by molar-refractivity contribution is 7.91. The maximum Gasteiger partial charge on any atom is 0.238 e. The van der Waals surface area contributed by atoms with E-state index < -0.39 is 9.84 Å². The van der Waals surface area contributed by atoms with Crippen molar-refractivity contribution in [3.8, 4) is 0 Å². The minimum Gasteiger partial charge on any atom is -0.324 e. The number of benzene rings is 1. The van der Waals surface area contributed by atoms with Crippen LogP contribution in [0.15, 0.2) is 18.2 Å². The van der Waals surface area contributed by atoms with Crippen molar-refractivity contribution in [2.75, 3.05) is 29.9 Å². The summed E-state index contributed by atoms with van der Waals surface area (Å²) in [6.07, 6.45) is 0.618. The number of para-hydroxylation sites is 1. The number of likely N-dealkylation sites (N-methyl/N-ethyl adjacent to an activating group) is 1. The average Bonchev–Trinajstić information content (AvgIpc) is 2.80. The van der Waals surface area contributed by atoms with E-state index in [2.05, 4.69) is 5.32 Å². The van der Waals surface area contributed by atoms with Crippen molar-refractivity contribution >= 4 is 21.4 Å². The van der Waals surface area contributed by atoms with Crippen LogP contribution in [0.1, 0.15) is 24.5 Å². The molecule has 1 unspecified atom stereocenters. The van der Waals surface area contributed by atoms with Gasteiger partial charge >= 0.3 is 0 Å². The fourth-order valence-corrected chi connectivity index (χ4v) is 4.70. The van der Waals surface area contributed by atoms with Gasteiger partial charge in [0.15, 0.2) is 9.84 Å². The second kappa shape index (κ2) is 6.79. The molecule has 1 atom stereocenters. The number of amides is 1. The first-order valence-corrected chi connectivity index (χ1v) is 9.45. The van der Waals surface area contributed by atoms with Crippen molar-refractivity contribution in [2.24, 2.45) is 0 Å². The van der Waals surface area contributed by atoms with Crippen molar-refractivity contribution in [3.05, 3.63) is 29.3 Å². The van der Waals surface area contributed by atoms with Crippen molar-refractivity contribution in [1.29, 1.82) is 0 Å². The molecule has 6 heteroatoms. The van der Waals surface area contributed by atoms with E-state index in [4.69, 9.17) is 0 Å². The molecule has 122 valence electrons. The minimum atomic E-state index is -2.93. The first-order valence-electron chi connectivity index (χ1n) is 7.63. The van der Waals surface area contributed by atoms with Gasteiger partial charge < -0.3 is 5.32 Å². The third kappa shape index (κ3) is 4.08. The Morgan fingerprint density at radius 2 is 1.95 bits per heavy atom. The van der Waals surface area contributed by atoms with Crippen molar-refractivity contribution in [2.45, 2.75) is 33.2 Å². The topological polar surface area (TPSA) is 66.5 Å². The molecule has 1 aromatic rings. The van der Waals surface area contributed by atoms with Gasteiger partial charge in [-0.3, -0.25) is 9.69 Å². The monoisotopic (exact) mass is 324 g/mol. The Morgan fingerprint density at radius 3 is 2.45 bits per heavy atom. The van der Waals surface area contributed by atoms with Gasteiger partial charge in [0.1, 0.15) is 0 Å². The van der Waals surface area contributed by atoms with E-state index in [0.717, 1.165) is 16.8 Å². The lowest BCUT2D eigenvalue weighted by molar-refractivity contribution is -0.117. The van der Waals surface area contributed by atoms with Gasteiger partial charge in [-0.25, -0.2) is 8.42 Å². The van der Waals surface area contributed by atoms with Crippen molar-refractivity contribution < 1.29 is 13.2 Å². The molecule has 0 radical (unpaired) electrons. The molecule has 1 aliphatic rings. The van der Waals surface area contributed by atoms with Gasteiger partial charge in [-0.2, -0.15) is 0 Å². The SMILES string of the molecule is CCN(CC(=O)Nc1c(C)cccc1C)C1CCS(=O)(=O)C1. The maximum atomic E-state index is 12.3. The van der Waals surface area contributed by atoms with Crippen LogP contribution in [0.3, 0.4) is 0 Å². The molecule has 1 N–H and O–H groups in total. The van der Waals surface area contributed by atoms with E-state index in [9.17, 15) is 13.2 Å². The van der Waals surface area contributed by atoms with Gasteiger partial charge in [-0.05, 0) is 37.9 Å². The third-order valence-corrected chi connectivity index (χ3v) is 5.97. The van der Waals surface area contributed by atoms with Crippen LogP contribution in [0.25, 0.3) is 0 Å². The highest BCUT2D eigenvalue weighted by atomic mass is 32.2. The predicted octanol–water partition coefficient (Wildman–Crippen LogP) is 1.75. The first-order chi connectivity index (χ1) is 10.3. The predicted molar refractivity (Wildman–Crippen MR) is 88.9 cm³/mol. The molecule has 0 saturated carbocycles. The molecular formula is C16H24N2O3S. The Balaban J connectivity index is 2.01. The molecule has 0 aliphatic carbocycles. The van der Waals surface area contributed by atoms with E-state index in [1.54, 1.807) is 0 Å². The Kier molecular flexibility index (Phi) is 5.24. The summed E-state index contributed by atoms with van der Waals surface area (Å²) < 4.78 is 23.2. The summed E-state index contributed by atoms with van der Waals surface area (Å²) in [5.74, 6) is 0.299. The van der Waals surface area contributed by atoms with Crippen LogP contribution in [-0.4, -0.2) is 49.9 Å². The molecule has 0 bridgehead atoms. The quantitative estimate of drug-likeness (QED) is 0.896. The smallest absolute Gasteiger partial charge is 0.238 e. The Bertz CT molecular complexity index is 635. The lowest BCUT2D eigenvalue weighted by Gasteiger charge is -2.26. The number of aryl methyl sites for hydroxylation is 2. The van der Waals surface area contributed by atoms with E-state index in [1.165, 1.54) is 0 Å². The first kappa shape index (κ1) is 17.0. The zero-order valence-corrected chi connectivity index (χ0v) is 14.2. The number of nitrogens with zero attached hydrogens (tertiary/aromatic N) is 1. The maximum absolute atomic E-state index is 12.3. The molecule has 0 aromatic heterocycles. The molecule has 0 spiro atoms. The van der Waals surface area contributed by atoms with Gasteiger partial charge in [0.25, 0.3) is 0 Å². The number of rotatable bonds is 5. The van der Waals surface area contributed by atoms with Gasteiger partial charge in [-0.15, -0.1) is 0 Å². The van der Waals surface area contributed by atoms with Gasteiger partial charge in [0.2, 0.25) is 5.91 Å². The van der Waals surface area contributed by atoms with E-state index in [1.807, 2.05) is 43.9 Å².